The molecule has 1 N–H and O–H groups in total. The Morgan fingerprint density at radius 1 is 1.38 bits per heavy atom. The Kier molecular flexibility index (Phi) is 7.12. The summed E-state index contributed by atoms with van der Waals surface area (Å²) in [5.41, 5.74) is 2.28. The van der Waals surface area contributed by atoms with Gasteiger partial charge >= 0.3 is 0 Å². The lowest BCUT2D eigenvalue weighted by Crippen LogP contribution is -2.38. The summed E-state index contributed by atoms with van der Waals surface area (Å²) in [6.07, 6.45) is 4.89. The first-order valence-corrected chi connectivity index (χ1v) is 8.70. The summed E-state index contributed by atoms with van der Waals surface area (Å²) in [4.78, 5) is 6.81. The molecular formula is C18H26ClN5. The number of guanidine groups is 1. The number of nitrogens with one attached hydrogen (secondary N) is 1. The van der Waals surface area contributed by atoms with E-state index in [9.17, 15) is 0 Å². The minimum absolute atomic E-state index is 0.726. The molecule has 0 fully saturated rings. The van der Waals surface area contributed by atoms with E-state index in [0.717, 1.165) is 49.1 Å². The molecule has 5 nitrogen and oxygen atoms in total. The van der Waals surface area contributed by atoms with Crippen LogP contribution in [0.1, 0.15) is 24.5 Å². The second-order valence-electron chi connectivity index (χ2n) is 5.82. The van der Waals surface area contributed by atoms with Gasteiger partial charge < -0.3 is 10.2 Å². The normalized spacial score (nSPS) is 11.6. The van der Waals surface area contributed by atoms with Crippen LogP contribution in [0, 0.1) is 6.92 Å². The number of rotatable bonds is 7. The third-order valence-electron chi connectivity index (χ3n) is 3.63. The van der Waals surface area contributed by atoms with Crippen molar-refractivity contribution in [2.45, 2.75) is 33.4 Å². The highest BCUT2D eigenvalue weighted by molar-refractivity contribution is 6.31. The molecule has 0 saturated carbocycles. The molecule has 130 valence electrons. The van der Waals surface area contributed by atoms with Crippen LogP contribution in [0.15, 0.2) is 41.7 Å². The van der Waals surface area contributed by atoms with E-state index in [1.54, 1.807) is 0 Å². The number of benzene rings is 1. The lowest BCUT2D eigenvalue weighted by Gasteiger charge is -2.22. The van der Waals surface area contributed by atoms with Gasteiger partial charge in [-0.15, -0.1) is 0 Å². The minimum atomic E-state index is 0.726. The van der Waals surface area contributed by atoms with E-state index in [2.05, 4.69) is 35.4 Å². The molecule has 1 heterocycles. The molecule has 0 saturated heterocycles. The van der Waals surface area contributed by atoms with Gasteiger partial charge in [-0.3, -0.25) is 9.67 Å². The van der Waals surface area contributed by atoms with Gasteiger partial charge in [0.15, 0.2) is 5.96 Å². The number of aryl methyl sites for hydroxylation is 2. The lowest BCUT2D eigenvalue weighted by molar-refractivity contribution is 0.475. The molecule has 2 aromatic rings. The van der Waals surface area contributed by atoms with Crippen molar-refractivity contribution in [1.82, 2.24) is 20.0 Å². The third-order valence-corrected chi connectivity index (χ3v) is 4.00. The fourth-order valence-electron chi connectivity index (χ4n) is 2.43. The number of aliphatic imine (C=N–C) groups is 1. The second-order valence-corrected chi connectivity index (χ2v) is 6.22. The molecule has 0 aliphatic carbocycles. The van der Waals surface area contributed by atoms with Gasteiger partial charge in [-0.1, -0.05) is 29.8 Å². The molecule has 0 aliphatic rings. The number of hydrogen-bond acceptors (Lipinski definition) is 2. The SMILES string of the molecule is CCNC(=NCCCn1cc(C)cn1)N(C)Cc1ccccc1Cl. The Bertz CT molecular complexity index is 665. The predicted octanol–water partition coefficient (Wildman–Crippen LogP) is 3.33. The summed E-state index contributed by atoms with van der Waals surface area (Å²) in [6.45, 7) is 7.33. The summed E-state index contributed by atoms with van der Waals surface area (Å²) in [5.74, 6) is 0.897. The van der Waals surface area contributed by atoms with Crippen LogP contribution < -0.4 is 5.32 Å². The topological polar surface area (TPSA) is 45.5 Å². The van der Waals surface area contributed by atoms with Gasteiger partial charge in [0.05, 0.1) is 6.20 Å². The van der Waals surface area contributed by atoms with Gasteiger partial charge in [0.25, 0.3) is 0 Å². The van der Waals surface area contributed by atoms with Crippen molar-refractivity contribution in [3.63, 3.8) is 0 Å². The molecular weight excluding hydrogens is 322 g/mol. The first-order chi connectivity index (χ1) is 11.6. The van der Waals surface area contributed by atoms with Gasteiger partial charge in [-0.05, 0) is 37.5 Å². The number of nitrogens with zero attached hydrogens (tertiary/aromatic N) is 4. The summed E-state index contributed by atoms with van der Waals surface area (Å²) < 4.78 is 1.96. The average Bonchev–Trinajstić information content (AvgIpc) is 2.98. The highest BCUT2D eigenvalue weighted by atomic mass is 35.5. The molecule has 1 aromatic carbocycles. The largest absolute Gasteiger partial charge is 0.357 e. The van der Waals surface area contributed by atoms with E-state index < -0.39 is 0 Å². The Morgan fingerprint density at radius 2 is 2.17 bits per heavy atom. The first-order valence-electron chi connectivity index (χ1n) is 8.32. The van der Waals surface area contributed by atoms with E-state index in [0.29, 0.717) is 0 Å². The van der Waals surface area contributed by atoms with Crippen LogP contribution in [0.3, 0.4) is 0 Å². The van der Waals surface area contributed by atoms with E-state index >= 15 is 0 Å². The van der Waals surface area contributed by atoms with Crippen molar-refractivity contribution in [2.24, 2.45) is 4.99 Å². The summed E-state index contributed by atoms with van der Waals surface area (Å²) in [6, 6.07) is 7.91. The van der Waals surface area contributed by atoms with Crippen LogP contribution in [0.2, 0.25) is 5.02 Å². The zero-order valence-corrected chi connectivity index (χ0v) is 15.4. The molecule has 24 heavy (non-hydrogen) atoms. The van der Waals surface area contributed by atoms with E-state index in [-0.39, 0.29) is 0 Å². The summed E-state index contributed by atoms with van der Waals surface area (Å²) in [7, 11) is 2.03. The molecule has 0 radical (unpaired) electrons. The maximum Gasteiger partial charge on any atom is 0.193 e. The number of aromatic nitrogens is 2. The Balaban J connectivity index is 1.90. The van der Waals surface area contributed by atoms with Crippen LogP contribution in [0.25, 0.3) is 0 Å². The van der Waals surface area contributed by atoms with Crippen LogP contribution in [-0.2, 0) is 13.1 Å². The minimum Gasteiger partial charge on any atom is -0.357 e. The van der Waals surface area contributed by atoms with Crippen molar-refractivity contribution in [2.75, 3.05) is 20.1 Å². The second kappa shape index (κ2) is 9.33. The van der Waals surface area contributed by atoms with Gasteiger partial charge in [0.1, 0.15) is 0 Å². The maximum atomic E-state index is 6.25. The molecule has 0 amide bonds. The Hall–Kier alpha value is -2.01. The average molecular weight is 348 g/mol. The van der Waals surface area contributed by atoms with Crippen molar-refractivity contribution in [3.8, 4) is 0 Å². The van der Waals surface area contributed by atoms with Crippen LogP contribution in [-0.4, -0.2) is 40.8 Å². The Morgan fingerprint density at radius 3 is 2.83 bits per heavy atom. The van der Waals surface area contributed by atoms with Crippen LogP contribution in [0.5, 0.6) is 0 Å². The van der Waals surface area contributed by atoms with E-state index in [1.807, 2.05) is 42.2 Å². The smallest absolute Gasteiger partial charge is 0.193 e. The molecule has 0 unspecified atom stereocenters. The van der Waals surface area contributed by atoms with Gasteiger partial charge in [0.2, 0.25) is 0 Å². The van der Waals surface area contributed by atoms with E-state index in [1.165, 1.54) is 5.56 Å². The molecule has 2 rings (SSSR count). The fourth-order valence-corrected chi connectivity index (χ4v) is 2.63. The Labute approximate surface area is 149 Å². The summed E-state index contributed by atoms with van der Waals surface area (Å²) in [5, 5.41) is 8.42. The number of halogens is 1. The van der Waals surface area contributed by atoms with Crippen LogP contribution in [0.4, 0.5) is 0 Å². The van der Waals surface area contributed by atoms with Gasteiger partial charge in [-0.25, -0.2) is 0 Å². The molecule has 0 spiro atoms. The highest BCUT2D eigenvalue weighted by Crippen LogP contribution is 2.16. The molecule has 0 atom stereocenters. The van der Waals surface area contributed by atoms with Crippen molar-refractivity contribution >= 4 is 17.6 Å². The van der Waals surface area contributed by atoms with E-state index in [4.69, 9.17) is 16.6 Å². The van der Waals surface area contributed by atoms with Crippen molar-refractivity contribution in [1.29, 1.82) is 0 Å². The zero-order chi connectivity index (χ0) is 17.4. The third kappa shape index (κ3) is 5.57. The number of hydrogen-bond donors (Lipinski definition) is 1. The van der Waals surface area contributed by atoms with Gasteiger partial charge in [0, 0.05) is 44.4 Å². The van der Waals surface area contributed by atoms with Gasteiger partial charge in [-0.2, -0.15) is 5.10 Å². The maximum absolute atomic E-state index is 6.25. The summed E-state index contributed by atoms with van der Waals surface area (Å²) >= 11 is 6.25. The fraction of sp³-hybridized carbons (Fsp3) is 0.444. The van der Waals surface area contributed by atoms with Crippen molar-refractivity contribution in [3.05, 3.63) is 52.8 Å². The van der Waals surface area contributed by atoms with Crippen LogP contribution >= 0.6 is 11.6 Å². The first kappa shape index (κ1) is 18.3. The molecule has 0 aliphatic heterocycles. The molecule has 0 bridgehead atoms. The van der Waals surface area contributed by atoms with Crippen molar-refractivity contribution < 1.29 is 0 Å². The zero-order valence-electron chi connectivity index (χ0n) is 14.7. The molecule has 1 aromatic heterocycles. The lowest BCUT2D eigenvalue weighted by atomic mass is 10.2. The standard InChI is InChI=1S/C18H26ClN5/c1-4-20-18(21-10-7-11-24-13-15(2)12-22-24)23(3)14-16-8-5-6-9-17(16)19/h5-6,8-9,12-13H,4,7,10-11,14H2,1-3H3,(H,20,21). The monoisotopic (exact) mass is 347 g/mol. The quantitative estimate of drug-likeness (QED) is 0.474. The highest BCUT2D eigenvalue weighted by Gasteiger charge is 2.08. The predicted molar refractivity (Wildman–Crippen MR) is 100 cm³/mol. The molecule has 6 heteroatoms.